The molecule has 0 bridgehead atoms. The fourth-order valence-corrected chi connectivity index (χ4v) is 2.89. The standard InChI is InChI=1S/C13H14BrNO4/c14-10-1-2-11-9(7-10)8-18-13(19-11)3-5-15(6-4-13)12(16)17/h1-2,7H,3-6,8H2,(H,16,17). The lowest BCUT2D eigenvalue weighted by molar-refractivity contribution is -0.225. The van der Waals surface area contributed by atoms with Crippen molar-refractivity contribution in [2.75, 3.05) is 13.1 Å². The van der Waals surface area contributed by atoms with E-state index in [9.17, 15) is 4.79 Å². The molecule has 1 amide bonds. The summed E-state index contributed by atoms with van der Waals surface area (Å²) in [5.41, 5.74) is 1.01. The Balaban J connectivity index is 1.75. The number of nitrogens with zero attached hydrogens (tertiary/aromatic N) is 1. The summed E-state index contributed by atoms with van der Waals surface area (Å²) in [6, 6.07) is 5.84. The van der Waals surface area contributed by atoms with E-state index in [1.165, 1.54) is 4.90 Å². The summed E-state index contributed by atoms with van der Waals surface area (Å²) < 4.78 is 12.8. The quantitative estimate of drug-likeness (QED) is 0.796. The molecule has 0 unspecified atom stereocenters. The maximum Gasteiger partial charge on any atom is 0.407 e. The zero-order valence-electron chi connectivity index (χ0n) is 10.3. The number of benzene rings is 1. The number of fused-ring (bicyclic) bond motifs is 1. The number of hydrogen-bond donors (Lipinski definition) is 1. The molecule has 19 heavy (non-hydrogen) atoms. The Morgan fingerprint density at radius 1 is 1.37 bits per heavy atom. The van der Waals surface area contributed by atoms with E-state index < -0.39 is 11.9 Å². The molecule has 1 aromatic rings. The van der Waals surface area contributed by atoms with Gasteiger partial charge in [-0.05, 0) is 18.2 Å². The first kappa shape index (κ1) is 12.7. The largest absolute Gasteiger partial charge is 0.465 e. The summed E-state index contributed by atoms with van der Waals surface area (Å²) in [5, 5.41) is 8.95. The van der Waals surface area contributed by atoms with E-state index in [1.807, 2.05) is 18.2 Å². The van der Waals surface area contributed by atoms with Gasteiger partial charge in [0.15, 0.2) is 0 Å². The highest BCUT2D eigenvalue weighted by molar-refractivity contribution is 9.10. The van der Waals surface area contributed by atoms with Gasteiger partial charge in [-0.3, -0.25) is 0 Å². The third kappa shape index (κ3) is 2.42. The summed E-state index contributed by atoms with van der Waals surface area (Å²) in [6.07, 6.45) is 0.249. The minimum atomic E-state index is -0.880. The average molecular weight is 328 g/mol. The summed E-state index contributed by atoms with van der Waals surface area (Å²) >= 11 is 3.42. The van der Waals surface area contributed by atoms with Gasteiger partial charge >= 0.3 is 6.09 Å². The van der Waals surface area contributed by atoms with Crippen molar-refractivity contribution in [2.45, 2.75) is 25.2 Å². The lowest BCUT2D eigenvalue weighted by atomic mass is 10.0. The fourth-order valence-electron chi connectivity index (χ4n) is 2.48. The minimum Gasteiger partial charge on any atom is -0.465 e. The smallest absolute Gasteiger partial charge is 0.407 e. The van der Waals surface area contributed by atoms with Crippen LogP contribution in [0.1, 0.15) is 18.4 Å². The molecule has 2 aliphatic heterocycles. The van der Waals surface area contributed by atoms with Crippen LogP contribution < -0.4 is 4.74 Å². The molecule has 1 N–H and O–H groups in total. The SMILES string of the molecule is O=C(O)N1CCC2(CC1)OCc1cc(Br)ccc1O2. The Bertz CT molecular complexity index is 511. The Morgan fingerprint density at radius 3 is 2.79 bits per heavy atom. The van der Waals surface area contributed by atoms with Gasteiger partial charge in [0.2, 0.25) is 5.79 Å². The van der Waals surface area contributed by atoms with Crippen molar-refractivity contribution in [2.24, 2.45) is 0 Å². The lowest BCUT2D eigenvalue weighted by Crippen LogP contribution is -2.52. The molecule has 1 spiro atoms. The van der Waals surface area contributed by atoms with E-state index in [2.05, 4.69) is 15.9 Å². The predicted molar refractivity (Wildman–Crippen MR) is 71.1 cm³/mol. The first-order chi connectivity index (χ1) is 9.08. The van der Waals surface area contributed by atoms with Gasteiger partial charge in [-0.1, -0.05) is 15.9 Å². The molecule has 1 saturated heterocycles. The molecule has 3 rings (SSSR count). The molecule has 102 valence electrons. The molecular formula is C13H14BrNO4. The summed E-state index contributed by atoms with van der Waals surface area (Å²) in [4.78, 5) is 12.3. The first-order valence-electron chi connectivity index (χ1n) is 6.17. The van der Waals surface area contributed by atoms with Gasteiger partial charge in [-0.15, -0.1) is 0 Å². The van der Waals surface area contributed by atoms with Crippen LogP contribution in [0.15, 0.2) is 22.7 Å². The zero-order chi connectivity index (χ0) is 13.5. The van der Waals surface area contributed by atoms with Crippen LogP contribution in [0, 0.1) is 0 Å². The number of halogens is 1. The van der Waals surface area contributed by atoms with E-state index in [4.69, 9.17) is 14.6 Å². The van der Waals surface area contributed by atoms with Crippen LogP contribution in [0.25, 0.3) is 0 Å². The molecule has 5 nitrogen and oxygen atoms in total. The monoisotopic (exact) mass is 327 g/mol. The fraction of sp³-hybridized carbons (Fsp3) is 0.462. The summed E-state index contributed by atoms with van der Waals surface area (Å²) in [7, 11) is 0. The van der Waals surface area contributed by atoms with Crippen molar-refractivity contribution in [1.82, 2.24) is 4.90 Å². The topological polar surface area (TPSA) is 59.0 Å². The maximum atomic E-state index is 10.9. The van der Waals surface area contributed by atoms with Gasteiger partial charge in [-0.2, -0.15) is 0 Å². The highest BCUT2D eigenvalue weighted by Crippen LogP contribution is 2.38. The maximum absolute atomic E-state index is 10.9. The molecular weight excluding hydrogens is 314 g/mol. The zero-order valence-corrected chi connectivity index (χ0v) is 11.9. The molecule has 0 aromatic heterocycles. The van der Waals surface area contributed by atoms with E-state index in [0.717, 1.165) is 15.8 Å². The van der Waals surface area contributed by atoms with Crippen molar-refractivity contribution < 1.29 is 19.4 Å². The normalized spacial score (nSPS) is 20.8. The van der Waals surface area contributed by atoms with E-state index in [1.54, 1.807) is 0 Å². The third-order valence-electron chi connectivity index (χ3n) is 3.60. The van der Waals surface area contributed by atoms with Crippen molar-refractivity contribution >= 4 is 22.0 Å². The van der Waals surface area contributed by atoms with Gasteiger partial charge in [0.1, 0.15) is 5.75 Å². The molecule has 0 radical (unpaired) electrons. The van der Waals surface area contributed by atoms with E-state index in [-0.39, 0.29) is 0 Å². The van der Waals surface area contributed by atoms with Gasteiger partial charge in [-0.25, -0.2) is 4.79 Å². The lowest BCUT2D eigenvalue weighted by Gasteiger charge is -2.43. The number of carbonyl (C=O) groups is 1. The van der Waals surface area contributed by atoms with Crippen molar-refractivity contribution in [3.63, 3.8) is 0 Å². The molecule has 0 aliphatic carbocycles. The van der Waals surface area contributed by atoms with Gasteiger partial charge in [0.05, 0.1) is 6.61 Å². The highest BCUT2D eigenvalue weighted by atomic mass is 79.9. The second-order valence-electron chi connectivity index (χ2n) is 4.82. The Hall–Kier alpha value is -1.27. The Labute approximate surface area is 119 Å². The second-order valence-corrected chi connectivity index (χ2v) is 5.74. The second kappa shape index (κ2) is 4.68. The number of amides is 1. The van der Waals surface area contributed by atoms with E-state index in [0.29, 0.717) is 32.5 Å². The highest BCUT2D eigenvalue weighted by Gasteiger charge is 2.41. The summed E-state index contributed by atoms with van der Waals surface area (Å²) in [6.45, 7) is 1.39. The first-order valence-corrected chi connectivity index (χ1v) is 6.97. The van der Waals surface area contributed by atoms with Crippen molar-refractivity contribution in [3.8, 4) is 5.75 Å². The number of carboxylic acid groups (broad SMARTS) is 1. The molecule has 0 atom stereocenters. The molecule has 0 saturated carbocycles. The predicted octanol–water partition coefficient (Wildman–Crippen LogP) is 2.83. The van der Waals surface area contributed by atoms with E-state index >= 15 is 0 Å². The third-order valence-corrected chi connectivity index (χ3v) is 4.10. The van der Waals surface area contributed by atoms with Crippen LogP contribution in [-0.2, 0) is 11.3 Å². The number of rotatable bonds is 0. The van der Waals surface area contributed by atoms with Crippen LogP contribution in [0.5, 0.6) is 5.75 Å². The molecule has 2 heterocycles. The van der Waals surface area contributed by atoms with Crippen LogP contribution in [-0.4, -0.2) is 35.0 Å². The molecule has 2 aliphatic rings. The van der Waals surface area contributed by atoms with Crippen LogP contribution in [0.4, 0.5) is 4.79 Å². The Morgan fingerprint density at radius 2 is 2.11 bits per heavy atom. The van der Waals surface area contributed by atoms with Crippen LogP contribution in [0.2, 0.25) is 0 Å². The number of likely N-dealkylation sites (tertiary alicyclic amines) is 1. The van der Waals surface area contributed by atoms with Gasteiger partial charge in [0, 0.05) is 36.0 Å². The average Bonchev–Trinajstić information content (AvgIpc) is 2.40. The van der Waals surface area contributed by atoms with Gasteiger partial charge < -0.3 is 19.5 Å². The number of piperidine rings is 1. The molecule has 1 fully saturated rings. The van der Waals surface area contributed by atoms with Gasteiger partial charge in [0.25, 0.3) is 0 Å². The molecule has 6 heteroatoms. The minimum absolute atomic E-state index is 0.446. The molecule has 1 aromatic carbocycles. The van der Waals surface area contributed by atoms with Crippen molar-refractivity contribution in [3.05, 3.63) is 28.2 Å². The van der Waals surface area contributed by atoms with Crippen molar-refractivity contribution in [1.29, 1.82) is 0 Å². The van der Waals surface area contributed by atoms with Crippen LogP contribution in [0.3, 0.4) is 0 Å². The summed E-state index contributed by atoms with van der Waals surface area (Å²) in [5.74, 6) is 0.172. The Kier molecular flexibility index (Phi) is 3.14. The number of hydrogen-bond acceptors (Lipinski definition) is 3. The number of ether oxygens (including phenoxy) is 2. The van der Waals surface area contributed by atoms with Crippen LogP contribution >= 0.6 is 15.9 Å².